The van der Waals surface area contributed by atoms with Gasteiger partial charge in [0, 0.05) is 12.7 Å². The molecule has 0 amide bonds. The predicted octanol–water partition coefficient (Wildman–Crippen LogP) is 2.15. The van der Waals surface area contributed by atoms with Crippen LogP contribution in [0, 0.1) is 0 Å². The van der Waals surface area contributed by atoms with Crippen LogP contribution in [0.4, 0.5) is 5.82 Å². The van der Waals surface area contributed by atoms with E-state index in [0.29, 0.717) is 5.02 Å². The van der Waals surface area contributed by atoms with Crippen molar-refractivity contribution in [2.24, 2.45) is 0 Å². The Hall–Kier alpha value is -0.800. The monoisotopic (exact) mass is 213 g/mol. The molecular weight excluding hydrogens is 198 g/mol. The first-order valence-corrected chi connectivity index (χ1v) is 5.27. The molecule has 0 aliphatic heterocycles. The molecule has 0 aromatic carbocycles. The molecule has 0 radical (unpaired) electrons. The molecular formula is C10H16ClN3. The van der Waals surface area contributed by atoms with Crippen LogP contribution in [0.3, 0.4) is 0 Å². The number of hydrogen-bond donors (Lipinski definition) is 2. The maximum atomic E-state index is 5.71. The molecule has 0 atom stereocenters. The molecule has 4 heteroatoms. The van der Waals surface area contributed by atoms with E-state index in [9.17, 15) is 0 Å². The smallest absolute Gasteiger partial charge is 0.125 e. The molecule has 0 saturated heterocycles. The summed E-state index contributed by atoms with van der Waals surface area (Å²) in [5.74, 6) is 0.880. The second kappa shape index (κ2) is 6.62. The van der Waals surface area contributed by atoms with Gasteiger partial charge in [0.15, 0.2) is 0 Å². The number of halogens is 1. The Labute approximate surface area is 89.9 Å². The van der Waals surface area contributed by atoms with Crippen molar-refractivity contribution in [1.29, 1.82) is 0 Å². The minimum Gasteiger partial charge on any atom is -0.370 e. The van der Waals surface area contributed by atoms with Crippen molar-refractivity contribution < 1.29 is 0 Å². The fourth-order valence-electron chi connectivity index (χ4n) is 1.09. The van der Waals surface area contributed by atoms with E-state index >= 15 is 0 Å². The molecule has 0 bridgehead atoms. The summed E-state index contributed by atoms with van der Waals surface area (Å²) in [4.78, 5) is 4.13. The van der Waals surface area contributed by atoms with Crippen LogP contribution in [0.1, 0.15) is 13.3 Å². The number of aromatic nitrogens is 1. The first kappa shape index (κ1) is 11.3. The van der Waals surface area contributed by atoms with Gasteiger partial charge in [0.2, 0.25) is 0 Å². The molecule has 78 valence electrons. The highest BCUT2D eigenvalue weighted by molar-refractivity contribution is 6.30. The van der Waals surface area contributed by atoms with Crippen LogP contribution >= 0.6 is 11.6 Å². The third kappa shape index (κ3) is 4.44. The number of nitrogens with zero attached hydrogens (tertiary/aromatic N) is 1. The van der Waals surface area contributed by atoms with E-state index in [2.05, 4.69) is 22.5 Å². The number of pyridine rings is 1. The Morgan fingerprint density at radius 2 is 2.21 bits per heavy atom. The molecule has 0 spiro atoms. The summed E-state index contributed by atoms with van der Waals surface area (Å²) in [7, 11) is 0. The summed E-state index contributed by atoms with van der Waals surface area (Å²) >= 11 is 5.71. The SMILES string of the molecule is CCNCCCNc1ccc(Cl)cn1. The average molecular weight is 214 g/mol. The molecule has 3 nitrogen and oxygen atoms in total. The van der Waals surface area contributed by atoms with Crippen LogP contribution in [-0.2, 0) is 0 Å². The zero-order valence-electron chi connectivity index (χ0n) is 8.39. The Balaban J connectivity index is 2.15. The van der Waals surface area contributed by atoms with Gasteiger partial charge in [-0.15, -0.1) is 0 Å². The van der Waals surface area contributed by atoms with Crippen molar-refractivity contribution >= 4 is 17.4 Å². The van der Waals surface area contributed by atoms with Crippen LogP contribution in [-0.4, -0.2) is 24.6 Å². The molecule has 1 aromatic rings. The highest BCUT2D eigenvalue weighted by Gasteiger charge is 1.92. The average Bonchev–Trinajstić information content (AvgIpc) is 2.21. The topological polar surface area (TPSA) is 37.0 Å². The first-order valence-electron chi connectivity index (χ1n) is 4.89. The zero-order chi connectivity index (χ0) is 10.2. The summed E-state index contributed by atoms with van der Waals surface area (Å²) in [6, 6.07) is 3.72. The summed E-state index contributed by atoms with van der Waals surface area (Å²) < 4.78 is 0. The standard InChI is InChI=1S/C10H16ClN3/c1-2-12-6-3-7-13-10-5-4-9(11)8-14-10/h4-5,8,12H,2-3,6-7H2,1H3,(H,13,14). The summed E-state index contributed by atoms with van der Waals surface area (Å²) in [6.45, 7) is 5.10. The van der Waals surface area contributed by atoms with Crippen molar-refractivity contribution in [2.45, 2.75) is 13.3 Å². The van der Waals surface area contributed by atoms with Gasteiger partial charge in [-0.2, -0.15) is 0 Å². The van der Waals surface area contributed by atoms with Gasteiger partial charge in [0.05, 0.1) is 5.02 Å². The van der Waals surface area contributed by atoms with Crippen LogP contribution < -0.4 is 10.6 Å². The maximum Gasteiger partial charge on any atom is 0.125 e. The van der Waals surface area contributed by atoms with E-state index in [1.165, 1.54) is 0 Å². The van der Waals surface area contributed by atoms with Gasteiger partial charge in [-0.05, 0) is 31.6 Å². The van der Waals surface area contributed by atoms with E-state index in [-0.39, 0.29) is 0 Å². The fourth-order valence-corrected chi connectivity index (χ4v) is 1.20. The minimum absolute atomic E-state index is 0.670. The van der Waals surface area contributed by atoms with E-state index < -0.39 is 0 Å². The van der Waals surface area contributed by atoms with Crippen LogP contribution in [0.25, 0.3) is 0 Å². The zero-order valence-corrected chi connectivity index (χ0v) is 9.14. The Morgan fingerprint density at radius 3 is 2.86 bits per heavy atom. The molecule has 14 heavy (non-hydrogen) atoms. The lowest BCUT2D eigenvalue weighted by molar-refractivity contribution is 0.688. The molecule has 0 unspecified atom stereocenters. The lowest BCUT2D eigenvalue weighted by Gasteiger charge is -2.05. The maximum absolute atomic E-state index is 5.71. The largest absolute Gasteiger partial charge is 0.370 e. The molecule has 1 rings (SSSR count). The Kier molecular flexibility index (Phi) is 5.33. The third-order valence-corrected chi connectivity index (χ3v) is 2.04. The molecule has 1 aromatic heterocycles. The molecule has 0 aliphatic rings. The second-order valence-electron chi connectivity index (χ2n) is 3.00. The van der Waals surface area contributed by atoms with Crippen molar-refractivity contribution in [2.75, 3.05) is 25.0 Å². The first-order chi connectivity index (χ1) is 6.83. The van der Waals surface area contributed by atoms with Gasteiger partial charge in [-0.25, -0.2) is 4.98 Å². The fraction of sp³-hybridized carbons (Fsp3) is 0.500. The third-order valence-electron chi connectivity index (χ3n) is 1.81. The Bertz CT molecular complexity index is 248. The minimum atomic E-state index is 0.670. The summed E-state index contributed by atoms with van der Waals surface area (Å²) in [5.41, 5.74) is 0. The Morgan fingerprint density at radius 1 is 1.36 bits per heavy atom. The number of hydrogen-bond acceptors (Lipinski definition) is 3. The molecule has 0 saturated carbocycles. The van der Waals surface area contributed by atoms with E-state index in [1.54, 1.807) is 6.20 Å². The molecule has 0 aliphatic carbocycles. The van der Waals surface area contributed by atoms with Gasteiger partial charge in [-0.1, -0.05) is 18.5 Å². The van der Waals surface area contributed by atoms with Gasteiger partial charge < -0.3 is 10.6 Å². The van der Waals surface area contributed by atoms with Gasteiger partial charge >= 0.3 is 0 Å². The molecule has 1 heterocycles. The van der Waals surface area contributed by atoms with E-state index in [1.807, 2.05) is 12.1 Å². The van der Waals surface area contributed by atoms with Crippen molar-refractivity contribution in [3.63, 3.8) is 0 Å². The highest BCUT2D eigenvalue weighted by Crippen LogP contribution is 2.08. The van der Waals surface area contributed by atoms with E-state index in [4.69, 9.17) is 11.6 Å². The van der Waals surface area contributed by atoms with Crippen LogP contribution in [0.2, 0.25) is 5.02 Å². The number of rotatable bonds is 6. The van der Waals surface area contributed by atoms with Crippen LogP contribution in [0.5, 0.6) is 0 Å². The lowest BCUT2D eigenvalue weighted by Crippen LogP contribution is -2.17. The van der Waals surface area contributed by atoms with Crippen molar-refractivity contribution in [1.82, 2.24) is 10.3 Å². The van der Waals surface area contributed by atoms with Gasteiger partial charge in [-0.3, -0.25) is 0 Å². The molecule has 2 N–H and O–H groups in total. The summed E-state index contributed by atoms with van der Waals surface area (Å²) in [5, 5.41) is 7.15. The van der Waals surface area contributed by atoms with Crippen molar-refractivity contribution in [3.05, 3.63) is 23.4 Å². The lowest BCUT2D eigenvalue weighted by atomic mass is 10.4. The van der Waals surface area contributed by atoms with Gasteiger partial charge in [0.1, 0.15) is 5.82 Å². The summed E-state index contributed by atoms with van der Waals surface area (Å²) in [6.07, 6.45) is 2.74. The normalized spacial score (nSPS) is 10.1. The second-order valence-corrected chi connectivity index (χ2v) is 3.43. The van der Waals surface area contributed by atoms with Gasteiger partial charge in [0.25, 0.3) is 0 Å². The highest BCUT2D eigenvalue weighted by atomic mass is 35.5. The van der Waals surface area contributed by atoms with Crippen molar-refractivity contribution in [3.8, 4) is 0 Å². The van der Waals surface area contributed by atoms with Crippen LogP contribution in [0.15, 0.2) is 18.3 Å². The number of anilines is 1. The number of nitrogens with one attached hydrogen (secondary N) is 2. The van der Waals surface area contributed by atoms with E-state index in [0.717, 1.165) is 31.9 Å². The molecule has 0 fully saturated rings. The predicted molar refractivity (Wildman–Crippen MR) is 60.9 cm³/mol. The quantitative estimate of drug-likeness (QED) is 0.711.